The third-order valence-electron chi connectivity index (χ3n) is 6.65. The highest BCUT2D eigenvalue weighted by molar-refractivity contribution is 6.07. The van der Waals surface area contributed by atoms with E-state index in [1.54, 1.807) is 0 Å². The Morgan fingerprint density at radius 1 is 1.23 bits per heavy atom. The number of para-hydroxylation sites is 1. The van der Waals surface area contributed by atoms with Gasteiger partial charge in [0.25, 0.3) is 0 Å². The fourth-order valence-corrected chi connectivity index (χ4v) is 5.01. The van der Waals surface area contributed by atoms with Crippen LogP contribution in [0.3, 0.4) is 0 Å². The first-order chi connectivity index (χ1) is 16.3. The summed E-state index contributed by atoms with van der Waals surface area (Å²) in [5, 5.41) is 18.3. The first-order valence-electron chi connectivity index (χ1n) is 12.0. The number of likely N-dealkylation sites (tertiary alicyclic amines) is 1. The average molecular weight is 482 g/mol. The Bertz CT molecular complexity index is 1070. The fourth-order valence-electron chi connectivity index (χ4n) is 5.01. The number of carbonyl (C=O) groups is 4. The van der Waals surface area contributed by atoms with Gasteiger partial charge < -0.3 is 20.9 Å². The first kappa shape index (κ1) is 26.2. The van der Waals surface area contributed by atoms with Gasteiger partial charge in [-0.05, 0) is 29.4 Å². The predicted octanol–water partition coefficient (Wildman–Crippen LogP) is 2.08. The van der Waals surface area contributed by atoms with E-state index in [1.807, 2.05) is 58.9 Å². The van der Waals surface area contributed by atoms with Crippen molar-refractivity contribution in [2.75, 3.05) is 11.9 Å². The van der Waals surface area contributed by atoms with Crippen molar-refractivity contribution < 1.29 is 19.2 Å². The molecule has 1 fully saturated rings. The smallest absolute Gasteiger partial charge is 0.246 e. The molecule has 1 spiro atoms. The minimum atomic E-state index is -1.00. The first-order valence-corrected chi connectivity index (χ1v) is 12.0. The number of nitriles is 1. The molecule has 2 aliphatic heterocycles. The summed E-state index contributed by atoms with van der Waals surface area (Å²) in [4.78, 5) is 53.1. The van der Waals surface area contributed by atoms with Crippen molar-refractivity contribution in [2.45, 2.75) is 77.9 Å². The Balaban J connectivity index is 1.91. The number of anilines is 1. The van der Waals surface area contributed by atoms with Crippen LogP contribution in [0.2, 0.25) is 0 Å². The molecule has 0 bridgehead atoms. The molecule has 188 valence electrons. The summed E-state index contributed by atoms with van der Waals surface area (Å²) in [5.41, 5.74) is 0.159. The second-order valence-corrected chi connectivity index (χ2v) is 11.1. The lowest BCUT2D eigenvalue weighted by Gasteiger charge is -2.32. The molecule has 0 saturated carbocycles. The van der Waals surface area contributed by atoms with Crippen molar-refractivity contribution in [1.82, 2.24) is 15.5 Å². The third-order valence-corrected chi connectivity index (χ3v) is 6.65. The molecule has 9 nitrogen and oxygen atoms in total. The quantitative estimate of drug-likeness (QED) is 0.572. The summed E-state index contributed by atoms with van der Waals surface area (Å²) in [6.45, 7) is 10.9. The molecule has 4 atom stereocenters. The Morgan fingerprint density at radius 2 is 1.89 bits per heavy atom. The second kappa shape index (κ2) is 9.68. The summed E-state index contributed by atoms with van der Waals surface area (Å²) >= 11 is 0. The van der Waals surface area contributed by atoms with Crippen LogP contribution in [-0.4, -0.2) is 53.2 Å². The van der Waals surface area contributed by atoms with Gasteiger partial charge in [-0.3, -0.25) is 19.2 Å². The third kappa shape index (κ3) is 5.31. The zero-order valence-corrected chi connectivity index (χ0v) is 21.3. The number of hydrogen-bond donors (Lipinski definition) is 3. The molecule has 9 heteroatoms. The standard InChI is InChI=1S/C26H35N5O4/c1-15(2)21(28-16(3)32)22(33)29-20(12-25(4,5)6)23(34)31-14-26(11-17(31)13-27)18-9-7-8-10-19(18)30-24(26)35/h7-10,15,17,20-21H,11-12,14H2,1-6H3,(H,28,32)(H,29,33)(H,30,35)/t17-,20-,21?,26-/m0/s1. The van der Waals surface area contributed by atoms with E-state index in [0.717, 1.165) is 5.56 Å². The maximum Gasteiger partial charge on any atom is 0.246 e. The molecule has 2 heterocycles. The summed E-state index contributed by atoms with van der Waals surface area (Å²) in [6, 6.07) is 6.99. The van der Waals surface area contributed by atoms with Crippen molar-refractivity contribution in [2.24, 2.45) is 11.3 Å². The van der Waals surface area contributed by atoms with Crippen LogP contribution < -0.4 is 16.0 Å². The maximum atomic E-state index is 13.8. The predicted molar refractivity (Wildman–Crippen MR) is 131 cm³/mol. The van der Waals surface area contributed by atoms with Crippen molar-refractivity contribution >= 4 is 29.3 Å². The van der Waals surface area contributed by atoms with E-state index in [0.29, 0.717) is 12.1 Å². The van der Waals surface area contributed by atoms with E-state index in [1.165, 1.54) is 11.8 Å². The monoisotopic (exact) mass is 481 g/mol. The molecule has 4 amide bonds. The van der Waals surface area contributed by atoms with Crippen LogP contribution in [0, 0.1) is 22.7 Å². The Kier molecular flexibility index (Phi) is 7.25. The molecular formula is C26H35N5O4. The zero-order chi connectivity index (χ0) is 26.1. The summed E-state index contributed by atoms with van der Waals surface area (Å²) < 4.78 is 0. The number of amides is 4. The lowest BCUT2D eigenvalue weighted by molar-refractivity contribution is -0.138. The van der Waals surface area contributed by atoms with Crippen molar-refractivity contribution in [3.05, 3.63) is 29.8 Å². The summed E-state index contributed by atoms with van der Waals surface area (Å²) in [5.74, 6) is -1.61. The number of benzene rings is 1. The molecule has 1 aromatic carbocycles. The lowest BCUT2D eigenvalue weighted by atomic mass is 9.80. The van der Waals surface area contributed by atoms with Gasteiger partial charge in [0.15, 0.2) is 0 Å². The molecule has 3 rings (SSSR count). The molecule has 0 aromatic heterocycles. The highest BCUT2D eigenvalue weighted by Gasteiger charge is 2.56. The van der Waals surface area contributed by atoms with Crippen LogP contribution in [0.1, 0.15) is 59.9 Å². The lowest BCUT2D eigenvalue weighted by Crippen LogP contribution is -2.57. The van der Waals surface area contributed by atoms with Crippen LogP contribution in [0.5, 0.6) is 0 Å². The minimum absolute atomic E-state index is 0.0583. The zero-order valence-electron chi connectivity index (χ0n) is 21.3. The Labute approximate surface area is 206 Å². The van der Waals surface area contributed by atoms with Gasteiger partial charge in [-0.2, -0.15) is 5.26 Å². The Hall–Kier alpha value is -3.41. The molecular weight excluding hydrogens is 446 g/mol. The van der Waals surface area contributed by atoms with Crippen molar-refractivity contribution in [3.63, 3.8) is 0 Å². The van der Waals surface area contributed by atoms with E-state index in [-0.39, 0.29) is 36.1 Å². The van der Waals surface area contributed by atoms with Crippen LogP contribution in [-0.2, 0) is 24.6 Å². The normalized spacial score (nSPS) is 22.9. The molecule has 1 saturated heterocycles. The highest BCUT2D eigenvalue weighted by atomic mass is 16.2. The van der Waals surface area contributed by atoms with Crippen LogP contribution in [0.25, 0.3) is 0 Å². The van der Waals surface area contributed by atoms with Gasteiger partial charge in [0, 0.05) is 25.6 Å². The molecule has 1 unspecified atom stereocenters. The van der Waals surface area contributed by atoms with Gasteiger partial charge in [-0.25, -0.2) is 0 Å². The molecule has 3 N–H and O–H groups in total. The van der Waals surface area contributed by atoms with Gasteiger partial charge in [-0.15, -0.1) is 0 Å². The molecule has 1 aromatic rings. The van der Waals surface area contributed by atoms with Crippen molar-refractivity contribution in [3.8, 4) is 6.07 Å². The number of nitrogens with zero attached hydrogens (tertiary/aromatic N) is 2. The van der Waals surface area contributed by atoms with Crippen LogP contribution >= 0.6 is 0 Å². The van der Waals surface area contributed by atoms with Gasteiger partial charge in [0.05, 0.1) is 11.5 Å². The van der Waals surface area contributed by atoms with Gasteiger partial charge >= 0.3 is 0 Å². The summed E-state index contributed by atoms with van der Waals surface area (Å²) in [7, 11) is 0. The highest BCUT2D eigenvalue weighted by Crippen LogP contribution is 2.46. The molecule has 0 aliphatic carbocycles. The number of hydrogen-bond acceptors (Lipinski definition) is 5. The van der Waals surface area contributed by atoms with E-state index >= 15 is 0 Å². The average Bonchev–Trinajstić information content (AvgIpc) is 3.28. The minimum Gasteiger partial charge on any atom is -0.344 e. The molecule has 0 radical (unpaired) electrons. The van der Waals surface area contributed by atoms with Gasteiger partial charge in [0.1, 0.15) is 18.1 Å². The summed E-state index contributed by atoms with van der Waals surface area (Å²) in [6.07, 6.45) is 0.516. The van der Waals surface area contributed by atoms with E-state index in [4.69, 9.17) is 0 Å². The maximum absolute atomic E-state index is 13.8. The van der Waals surface area contributed by atoms with E-state index in [9.17, 15) is 24.4 Å². The van der Waals surface area contributed by atoms with Crippen molar-refractivity contribution in [1.29, 1.82) is 5.26 Å². The molecule has 35 heavy (non-hydrogen) atoms. The van der Waals surface area contributed by atoms with E-state index in [2.05, 4.69) is 22.0 Å². The van der Waals surface area contributed by atoms with Crippen LogP contribution in [0.15, 0.2) is 24.3 Å². The van der Waals surface area contributed by atoms with E-state index < -0.39 is 35.4 Å². The second-order valence-electron chi connectivity index (χ2n) is 11.1. The SMILES string of the molecule is CC(=O)NC(C(=O)N[C@@H](CC(C)(C)C)C(=O)N1C[C@]2(C[C@H]1C#N)C(=O)Nc1ccccc12)C(C)C. The number of rotatable bonds is 6. The number of fused-ring (bicyclic) bond motifs is 2. The topological polar surface area (TPSA) is 131 Å². The van der Waals surface area contributed by atoms with Crippen LogP contribution in [0.4, 0.5) is 5.69 Å². The largest absolute Gasteiger partial charge is 0.344 e. The number of nitrogens with one attached hydrogen (secondary N) is 3. The Morgan fingerprint density at radius 3 is 2.46 bits per heavy atom. The van der Waals surface area contributed by atoms with Gasteiger partial charge in [0.2, 0.25) is 23.6 Å². The number of carbonyl (C=O) groups excluding carboxylic acids is 4. The fraction of sp³-hybridized carbons (Fsp3) is 0.577. The van der Waals surface area contributed by atoms with Gasteiger partial charge in [-0.1, -0.05) is 52.8 Å². The molecule has 2 aliphatic rings.